The van der Waals surface area contributed by atoms with Crippen LogP contribution in [0.1, 0.15) is 23.2 Å². The number of halogens is 1. The molecule has 0 bridgehead atoms. The number of rotatable bonds is 3. The lowest BCUT2D eigenvalue weighted by Crippen LogP contribution is -2.38. The summed E-state index contributed by atoms with van der Waals surface area (Å²) in [5.74, 6) is -1.23. The summed E-state index contributed by atoms with van der Waals surface area (Å²) < 4.78 is 13.2. The van der Waals surface area contributed by atoms with Crippen molar-refractivity contribution < 1.29 is 14.0 Å². The molecule has 2 rings (SSSR count). The Balaban J connectivity index is 1.90. The number of likely N-dealkylation sites (tertiary alicyclic amines) is 1. The van der Waals surface area contributed by atoms with Crippen molar-refractivity contribution in [3.8, 4) is 0 Å². The first-order valence-corrected chi connectivity index (χ1v) is 6.19. The van der Waals surface area contributed by atoms with Gasteiger partial charge in [-0.25, -0.2) is 4.39 Å². The van der Waals surface area contributed by atoms with Gasteiger partial charge in [-0.1, -0.05) is 0 Å². The van der Waals surface area contributed by atoms with Gasteiger partial charge < -0.3 is 16.0 Å². The summed E-state index contributed by atoms with van der Waals surface area (Å²) in [6.07, 6.45) is 2.01. The number of nitrogens with zero attached hydrogens (tertiary/aromatic N) is 1. The van der Waals surface area contributed by atoms with Crippen LogP contribution in [0.2, 0.25) is 0 Å². The van der Waals surface area contributed by atoms with E-state index in [0.717, 1.165) is 32.0 Å². The molecule has 0 radical (unpaired) electrons. The van der Waals surface area contributed by atoms with Crippen molar-refractivity contribution in [2.75, 3.05) is 25.4 Å². The third-order valence-corrected chi connectivity index (χ3v) is 3.12. The molecule has 0 spiro atoms. The first-order valence-electron chi connectivity index (χ1n) is 6.19. The minimum Gasteiger partial charge on any atom is -0.396 e. The fourth-order valence-electron chi connectivity index (χ4n) is 2.00. The van der Waals surface area contributed by atoms with Gasteiger partial charge in [0.05, 0.1) is 12.2 Å². The van der Waals surface area contributed by atoms with Crippen molar-refractivity contribution in [2.45, 2.75) is 12.8 Å². The second-order valence-corrected chi connectivity index (χ2v) is 4.51. The lowest BCUT2D eigenvalue weighted by atomic mass is 10.2. The molecule has 1 aromatic rings. The number of hydrogen-bond acceptors (Lipinski definition) is 3. The molecule has 5 nitrogen and oxygen atoms in total. The Morgan fingerprint density at radius 3 is 2.63 bits per heavy atom. The Hall–Kier alpha value is -2.11. The zero-order valence-electron chi connectivity index (χ0n) is 10.5. The quantitative estimate of drug-likeness (QED) is 0.792. The van der Waals surface area contributed by atoms with Crippen LogP contribution < -0.4 is 11.1 Å². The highest BCUT2D eigenvalue weighted by molar-refractivity contribution is 5.96. The molecule has 102 valence electrons. The van der Waals surface area contributed by atoms with E-state index in [1.54, 1.807) is 4.90 Å². The SMILES string of the molecule is Nc1ccc(C(=O)NCC(=O)N2CCCC2)cc1F. The average molecular weight is 265 g/mol. The maximum Gasteiger partial charge on any atom is 0.251 e. The highest BCUT2D eigenvalue weighted by atomic mass is 19.1. The molecule has 0 saturated carbocycles. The van der Waals surface area contributed by atoms with Crippen LogP contribution in [0.25, 0.3) is 0 Å². The van der Waals surface area contributed by atoms with Crippen molar-refractivity contribution in [2.24, 2.45) is 0 Å². The Bertz CT molecular complexity index is 499. The molecule has 1 heterocycles. The maximum atomic E-state index is 13.2. The third kappa shape index (κ3) is 3.21. The molecule has 1 saturated heterocycles. The molecule has 6 heteroatoms. The molecule has 0 unspecified atom stereocenters. The first kappa shape index (κ1) is 13.3. The average Bonchev–Trinajstić information content (AvgIpc) is 2.92. The number of carbonyl (C=O) groups is 2. The minimum absolute atomic E-state index is 0.00954. The van der Waals surface area contributed by atoms with E-state index in [9.17, 15) is 14.0 Å². The molecule has 1 aliphatic heterocycles. The van der Waals surface area contributed by atoms with E-state index >= 15 is 0 Å². The molecule has 3 N–H and O–H groups in total. The first-order chi connectivity index (χ1) is 9.08. The van der Waals surface area contributed by atoms with E-state index in [0.29, 0.717) is 0 Å². The fourth-order valence-corrected chi connectivity index (χ4v) is 2.00. The van der Waals surface area contributed by atoms with Crippen LogP contribution in [0.15, 0.2) is 18.2 Å². The van der Waals surface area contributed by atoms with Crippen molar-refractivity contribution >= 4 is 17.5 Å². The number of benzene rings is 1. The van der Waals surface area contributed by atoms with Gasteiger partial charge in [0, 0.05) is 18.7 Å². The second-order valence-electron chi connectivity index (χ2n) is 4.51. The third-order valence-electron chi connectivity index (χ3n) is 3.12. The van der Waals surface area contributed by atoms with Gasteiger partial charge in [-0.3, -0.25) is 9.59 Å². The van der Waals surface area contributed by atoms with Crippen molar-refractivity contribution in [3.63, 3.8) is 0 Å². The van der Waals surface area contributed by atoms with Crippen LogP contribution in [0, 0.1) is 5.82 Å². The van der Waals surface area contributed by atoms with Crippen LogP contribution >= 0.6 is 0 Å². The molecule has 0 aliphatic carbocycles. The number of nitrogens with one attached hydrogen (secondary N) is 1. The highest BCUT2D eigenvalue weighted by Crippen LogP contribution is 2.12. The number of nitrogens with two attached hydrogens (primary N) is 1. The second kappa shape index (κ2) is 5.69. The molecule has 0 aromatic heterocycles. The van der Waals surface area contributed by atoms with Gasteiger partial charge in [0.15, 0.2) is 0 Å². The number of anilines is 1. The summed E-state index contributed by atoms with van der Waals surface area (Å²) in [6.45, 7) is 1.42. The Labute approximate surface area is 110 Å². The number of hydrogen-bond donors (Lipinski definition) is 2. The maximum absolute atomic E-state index is 13.2. The van der Waals surface area contributed by atoms with Crippen LogP contribution in [0.4, 0.5) is 10.1 Å². The summed E-state index contributed by atoms with van der Waals surface area (Å²) in [6, 6.07) is 3.81. The van der Waals surface area contributed by atoms with Gasteiger partial charge >= 0.3 is 0 Å². The molecule has 19 heavy (non-hydrogen) atoms. The molecule has 1 aliphatic rings. The van der Waals surface area contributed by atoms with E-state index < -0.39 is 11.7 Å². The lowest BCUT2D eigenvalue weighted by Gasteiger charge is -2.15. The van der Waals surface area contributed by atoms with E-state index in [4.69, 9.17) is 5.73 Å². The minimum atomic E-state index is -0.640. The zero-order valence-corrected chi connectivity index (χ0v) is 10.5. The molecule has 1 aromatic carbocycles. The normalized spacial score (nSPS) is 14.5. The molecular formula is C13H16FN3O2. The van der Waals surface area contributed by atoms with E-state index in [1.807, 2.05) is 0 Å². The van der Waals surface area contributed by atoms with Gasteiger partial charge in [-0.15, -0.1) is 0 Å². The number of amides is 2. The van der Waals surface area contributed by atoms with E-state index in [-0.39, 0.29) is 23.7 Å². The standard InChI is InChI=1S/C13H16FN3O2/c14-10-7-9(3-4-11(10)15)13(19)16-8-12(18)17-5-1-2-6-17/h3-4,7H,1-2,5-6,8,15H2,(H,16,19). The molecule has 1 fully saturated rings. The Kier molecular flexibility index (Phi) is 3.99. The molecule has 2 amide bonds. The van der Waals surface area contributed by atoms with Gasteiger partial charge in [-0.05, 0) is 31.0 Å². The van der Waals surface area contributed by atoms with E-state index in [2.05, 4.69) is 5.32 Å². The van der Waals surface area contributed by atoms with Gasteiger partial charge in [0.25, 0.3) is 5.91 Å². The summed E-state index contributed by atoms with van der Waals surface area (Å²) in [7, 11) is 0. The summed E-state index contributed by atoms with van der Waals surface area (Å²) in [4.78, 5) is 25.2. The van der Waals surface area contributed by atoms with Crippen molar-refractivity contribution in [1.82, 2.24) is 10.2 Å². The van der Waals surface area contributed by atoms with Crippen molar-refractivity contribution in [3.05, 3.63) is 29.6 Å². The lowest BCUT2D eigenvalue weighted by molar-refractivity contribution is -0.129. The molecule has 0 atom stereocenters. The summed E-state index contributed by atoms with van der Waals surface area (Å²) in [5, 5.41) is 2.48. The summed E-state index contributed by atoms with van der Waals surface area (Å²) >= 11 is 0. The van der Waals surface area contributed by atoms with E-state index in [1.165, 1.54) is 12.1 Å². The number of carbonyl (C=O) groups excluding carboxylic acids is 2. The molecular weight excluding hydrogens is 249 g/mol. The van der Waals surface area contributed by atoms with Crippen LogP contribution in [-0.2, 0) is 4.79 Å². The zero-order chi connectivity index (χ0) is 13.8. The predicted molar refractivity (Wildman–Crippen MR) is 69.0 cm³/mol. The Morgan fingerprint density at radius 1 is 1.32 bits per heavy atom. The number of nitrogen functional groups attached to an aromatic ring is 1. The van der Waals surface area contributed by atoms with Crippen LogP contribution in [0.5, 0.6) is 0 Å². The van der Waals surface area contributed by atoms with Gasteiger partial charge in [-0.2, -0.15) is 0 Å². The largest absolute Gasteiger partial charge is 0.396 e. The highest BCUT2D eigenvalue weighted by Gasteiger charge is 2.18. The van der Waals surface area contributed by atoms with Gasteiger partial charge in [0.1, 0.15) is 5.82 Å². The van der Waals surface area contributed by atoms with Crippen LogP contribution in [-0.4, -0.2) is 36.3 Å². The van der Waals surface area contributed by atoms with Crippen LogP contribution in [0.3, 0.4) is 0 Å². The van der Waals surface area contributed by atoms with Crippen molar-refractivity contribution in [1.29, 1.82) is 0 Å². The van der Waals surface area contributed by atoms with Gasteiger partial charge in [0.2, 0.25) is 5.91 Å². The predicted octanol–water partition coefficient (Wildman–Crippen LogP) is 0.760. The topological polar surface area (TPSA) is 75.4 Å². The smallest absolute Gasteiger partial charge is 0.251 e. The Morgan fingerprint density at radius 2 is 2.00 bits per heavy atom. The fraction of sp³-hybridized carbons (Fsp3) is 0.385. The monoisotopic (exact) mass is 265 g/mol. The summed E-state index contributed by atoms with van der Waals surface area (Å²) in [5.41, 5.74) is 5.47.